The van der Waals surface area contributed by atoms with Crippen molar-refractivity contribution in [2.75, 3.05) is 13.2 Å². The van der Waals surface area contributed by atoms with Gasteiger partial charge in [0.15, 0.2) is 0 Å². The van der Waals surface area contributed by atoms with Gasteiger partial charge in [-0.05, 0) is 50.4 Å². The number of aliphatic hydroxyl groups excluding tert-OH is 1. The Morgan fingerprint density at radius 3 is 2.47 bits per heavy atom. The van der Waals surface area contributed by atoms with Gasteiger partial charge in [-0.15, -0.1) is 11.6 Å². The van der Waals surface area contributed by atoms with Crippen LogP contribution in [0, 0.1) is 17.3 Å². The first-order valence-corrected chi connectivity index (χ1v) is 7.01. The molecule has 4 aliphatic carbocycles. The Morgan fingerprint density at radius 1 is 1.29 bits per heavy atom. The molecule has 0 heterocycles. The molecule has 4 bridgehead atoms. The predicted octanol–water partition coefficient (Wildman–Crippen LogP) is 1.67. The normalized spacial score (nSPS) is 47.2. The summed E-state index contributed by atoms with van der Waals surface area (Å²) in [6.07, 6.45) is 6.32. The van der Waals surface area contributed by atoms with E-state index in [2.05, 4.69) is 5.32 Å². The molecule has 0 radical (unpaired) electrons. The molecule has 4 fully saturated rings. The van der Waals surface area contributed by atoms with E-state index in [4.69, 9.17) is 16.7 Å². The van der Waals surface area contributed by atoms with E-state index in [0.717, 1.165) is 32.1 Å². The number of hydrogen-bond acceptors (Lipinski definition) is 2. The summed E-state index contributed by atoms with van der Waals surface area (Å²) in [6.45, 7) is 0.381. The van der Waals surface area contributed by atoms with Crippen LogP contribution in [0.1, 0.15) is 38.5 Å². The summed E-state index contributed by atoms with van der Waals surface area (Å²) >= 11 is 6.67. The van der Waals surface area contributed by atoms with Crippen molar-refractivity contribution in [1.29, 1.82) is 0 Å². The van der Waals surface area contributed by atoms with Crippen molar-refractivity contribution in [3.05, 3.63) is 0 Å². The highest BCUT2D eigenvalue weighted by atomic mass is 35.5. The van der Waals surface area contributed by atoms with Gasteiger partial charge in [0.2, 0.25) is 5.91 Å². The highest BCUT2D eigenvalue weighted by Gasteiger charge is 2.59. The zero-order chi connectivity index (χ0) is 12.1. The molecule has 2 N–H and O–H groups in total. The first-order chi connectivity index (χ1) is 8.05. The number of alkyl halides is 1. The number of aliphatic hydroxyl groups is 1. The first-order valence-electron chi connectivity index (χ1n) is 6.63. The fourth-order valence-electron chi connectivity index (χ4n) is 4.77. The van der Waals surface area contributed by atoms with Gasteiger partial charge in [0, 0.05) is 11.4 Å². The van der Waals surface area contributed by atoms with Gasteiger partial charge in [-0.25, -0.2) is 0 Å². The second-order valence-electron chi connectivity index (χ2n) is 6.37. The van der Waals surface area contributed by atoms with Crippen molar-refractivity contribution >= 4 is 17.5 Å². The maximum Gasteiger partial charge on any atom is 0.226 e. The average molecular weight is 258 g/mol. The van der Waals surface area contributed by atoms with Gasteiger partial charge < -0.3 is 10.4 Å². The Kier molecular flexibility index (Phi) is 2.67. The number of rotatable bonds is 3. The Hall–Kier alpha value is -0.280. The molecule has 1 amide bonds. The van der Waals surface area contributed by atoms with Gasteiger partial charge in [-0.1, -0.05) is 0 Å². The van der Waals surface area contributed by atoms with Gasteiger partial charge >= 0.3 is 0 Å². The molecule has 4 rings (SSSR count). The minimum Gasteiger partial charge on any atom is -0.395 e. The summed E-state index contributed by atoms with van der Waals surface area (Å²) in [7, 11) is 0. The zero-order valence-electron chi connectivity index (χ0n) is 10.0. The highest BCUT2D eigenvalue weighted by molar-refractivity contribution is 6.24. The van der Waals surface area contributed by atoms with Crippen molar-refractivity contribution in [1.82, 2.24) is 5.32 Å². The van der Waals surface area contributed by atoms with Crippen LogP contribution in [-0.4, -0.2) is 29.0 Å². The molecule has 4 heteroatoms. The Labute approximate surface area is 107 Å². The van der Waals surface area contributed by atoms with E-state index in [-0.39, 0.29) is 22.8 Å². The van der Waals surface area contributed by atoms with Crippen LogP contribution in [0.5, 0.6) is 0 Å². The van der Waals surface area contributed by atoms with Crippen LogP contribution < -0.4 is 5.32 Å². The van der Waals surface area contributed by atoms with Gasteiger partial charge in [0.05, 0.1) is 12.0 Å². The fourth-order valence-corrected chi connectivity index (χ4v) is 5.47. The van der Waals surface area contributed by atoms with E-state index in [0.29, 0.717) is 18.4 Å². The smallest absolute Gasteiger partial charge is 0.226 e. The molecule has 0 spiro atoms. The Bertz CT molecular complexity index is 330. The number of amides is 1. The Balaban J connectivity index is 1.81. The molecule has 0 aliphatic heterocycles. The monoisotopic (exact) mass is 257 g/mol. The third kappa shape index (κ3) is 1.88. The molecular weight excluding hydrogens is 238 g/mol. The summed E-state index contributed by atoms with van der Waals surface area (Å²) in [5.74, 6) is 1.42. The molecule has 4 aliphatic rings. The molecular formula is C13H20ClNO2. The van der Waals surface area contributed by atoms with E-state index in [1.165, 1.54) is 6.42 Å². The third-order valence-corrected chi connectivity index (χ3v) is 5.31. The number of carbonyl (C=O) groups is 1. The first kappa shape index (κ1) is 11.8. The van der Waals surface area contributed by atoms with Crippen molar-refractivity contribution in [3.63, 3.8) is 0 Å². The van der Waals surface area contributed by atoms with E-state index < -0.39 is 0 Å². The largest absolute Gasteiger partial charge is 0.395 e. The number of carbonyl (C=O) groups excluding carboxylic acids is 1. The van der Waals surface area contributed by atoms with Crippen molar-refractivity contribution < 1.29 is 9.90 Å². The summed E-state index contributed by atoms with van der Waals surface area (Å²) in [6, 6.07) is 0. The maximum atomic E-state index is 12.3. The molecule has 2 unspecified atom stereocenters. The minimum atomic E-state index is -0.221. The minimum absolute atomic E-state index is 0.0146. The molecule has 4 saturated carbocycles. The average Bonchev–Trinajstić information content (AvgIpc) is 2.22. The van der Waals surface area contributed by atoms with Crippen molar-refractivity contribution in [2.45, 2.75) is 43.4 Å². The van der Waals surface area contributed by atoms with Crippen LogP contribution in [0.25, 0.3) is 0 Å². The SMILES string of the molecule is O=C(NCCO)C12CC3CC(CC(Cl)(C3)C1)C2. The molecule has 3 nitrogen and oxygen atoms in total. The summed E-state index contributed by atoms with van der Waals surface area (Å²) in [5.41, 5.74) is -0.221. The van der Waals surface area contributed by atoms with Crippen LogP contribution in [-0.2, 0) is 4.79 Å². The molecule has 0 aromatic carbocycles. The van der Waals surface area contributed by atoms with E-state index in [1.54, 1.807) is 0 Å². The molecule has 17 heavy (non-hydrogen) atoms. The lowest BCUT2D eigenvalue weighted by Gasteiger charge is -2.59. The summed E-state index contributed by atoms with van der Waals surface area (Å²) < 4.78 is 0. The predicted molar refractivity (Wildman–Crippen MR) is 65.8 cm³/mol. The maximum absolute atomic E-state index is 12.3. The lowest BCUT2D eigenvalue weighted by Crippen LogP contribution is -2.58. The van der Waals surface area contributed by atoms with Crippen LogP contribution in [0.3, 0.4) is 0 Å². The van der Waals surface area contributed by atoms with Crippen LogP contribution in [0.15, 0.2) is 0 Å². The third-order valence-electron chi connectivity index (χ3n) is 4.87. The summed E-state index contributed by atoms with van der Waals surface area (Å²) in [5, 5.41) is 11.7. The van der Waals surface area contributed by atoms with Gasteiger partial charge in [0.1, 0.15) is 0 Å². The topological polar surface area (TPSA) is 49.3 Å². The van der Waals surface area contributed by atoms with Crippen LogP contribution >= 0.6 is 11.6 Å². The van der Waals surface area contributed by atoms with Crippen LogP contribution in [0.2, 0.25) is 0 Å². The Morgan fingerprint density at radius 2 is 1.94 bits per heavy atom. The van der Waals surface area contributed by atoms with Crippen LogP contribution in [0.4, 0.5) is 0 Å². The second kappa shape index (κ2) is 3.86. The standard InChI is InChI=1S/C13H20ClNO2/c14-13-6-9-3-10(7-13)5-12(4-9,8-13)11(17)15-1-2-16/h9-10,16H,1-8H2,(H,15,17). The lowest BCUT2D eigenvalue weighted by atomic mass is 9.49. The van der Waals surface area contributed by atoms with Gasteiger partial charge in [0.25, 0.3) is 0 Å². The fraction of sp³-hybridized carbons (Fsp3) is 0.923. The molecule has 96 valence electrons. The molecule has 0 aromatic rings. The zero-order valence-corrected chi connectivity index (χ0v) is 10.8. The quantitative estimate of drug-likeness (QED) is 0.756. The van der Waals surface area contributed by atoms with E-state index in [9.17, 15) is 4.79 Å². The lowest BCUT2D eigenvalue weighted by molar-refractivity contribution is -0.144. The highest BCUT2D eigenvalue weighted by Crippen LogP contribution is 2.63. The van der Waals surface area contributed by atoms with Crippen molar-refractivity contribution in [2.24, 2.45) is 17.3 Å². The van der Waals surface area contributed by atoms with Gasteiger partial charge in [-0.3, -0.25) is 4.79 Å². The molecule has 0 aromatic heterocycles. The second-order valence-corrected chi connectivity index (χ2v) is 7.17. The molecule has 0 saturated heterocycles. The molecule has 2 atom stereocenters. The number of hydrogen-bond donors (Lipinski definition) is 2. The van der Waals surface area contributed by atoms with E-state index in [1.807, 2.05) is 0 Å². The number of nitrogens with one attached hydrogen (secondary N) is 1. The van der Waals surface area contributed by atoms with Gasteiger partial charge in [-0.2, -0.15) is 0 Å². The van der Waals surface area contributed by atoms with Crippen molar-refractivity contribution in [3.8, 4) is 0 Å². The van der Waals surface area contributed by atoms with E-state index >= 15 is 0 Å². The summed E-state index contributed by atoms with van der Waals surface area (Å²) in [4.78, 5) is 12.2. The number of halogens is 1.